The SMILES string of the molecule is CCN(CC)c1ccc(C(=O)NNC(=O)C[NH2+][C@@H](C)c2ccccc2)cc1. The molecule has 6 heteroatoms. The van der Waals surface area contributed by atoms with E-state index in [0.717, 1.165) is 24.3 Å². The molecule has 2 rings (SSSR count). The van der Waals surface area contributed by atoms with Crippen LogP contribution in [0.5, 0.6) is 0 Å². The topological polar surface area (TPSA) is 78.1 Å². The summed E-state index contributed by atoms with van der Waals surface area (Å²) in [6, 6.07) is 17.5. The first-order valence-electron chi connectivity index (χ1n) is 9.37. The monoisotopic (exact) mass is 369 g/mol. The Hall–Kier alpha value is -2.86. The average Bonchev–Trinajstić information content (AvgIpc) is 2.72. The summed E-state index contributed by atoms with van der Waals surface area (Å²) < 4.78 is 0. The van der Waals surface area contributed by atoms with Crippen LogP contribution < -0.4 is 21.1 Å². The van der Waals surface area contributed by atoms with Crippen LogP contribution in [0.4, 0.5) is 5.69 Å². The summed E-state index contributed by atoms with van der Waals surface area (Å²) in [5.74, 6) is -0.573. The predicted octanol–water partition coefficient (Wildman–Crippen LogP) is 1.62. The molecule has 0 aliphatic rings. The molecule has 0 aromatic heterocycles. The molecule has 27 heavy (non-hydrogen) atoms. The van der Waals surface area contributed by atoms with Crippen LogP contribution in [-0.4, -0.2) is 31.4 Å². The number of anilines is 1. The standard InChI is InChI=1S/C21H28N4O2/c1-4-25(5-2)19-13-11-18(12-14-19)21(27)24-23-20(26)15-22-16(3)17-9-7-6-8-10-17/h6-14,16,22H,4-5,15H2,1-3H3,(H,23,26)(H,24,27)/p+1/t16-/m0/s1. The highest BCUT2D eigenvalue weighted by atomic mass is 16.2. The zero-order chi connectivity index (χ0) is 19.6. The van der Waals surface area contributed by atoms with Gasteiger partial charge in [-0.1, -0.05) is 30.3 Å². The van der Waals surface area contributed by atoms with Crippen molar-refractivity contribution in [3.63, 3.8) is 0 Å². The normalized spacial score (nSPS) is 11.5. The van der Waals surface area contributed by atoms with Crippen LogP contribution in [0.3, 0.4) is 0 Å². The van der Waals surface area contributed by atoms with Crippen LogP contribution in [0.1, 0.15) is 42.7 Å². The Morgan fingerprint density at radius 2 is 1.59 bits per heavy atom. The van der Waals surface area contributed by atoms with E-state index in [1.807, 2.05) is 54.7 Å². The van der Waals surface area contributed by atoms with Gasteiger partial charge in [-0.3, -0.25) is 20.4 Å². The van der Waals surface area contributed by atoms with Crippen molar-refractivity contribution in [3.8, 4) is 0 Å². The van der Waals surface area contributed by atoms with Crippen molar-refractivity contribution in [2.75, 3.05) is 24.5 Å². The first kappa shape index (κ1) is 20.5. The fraction of sp³-hybridized carbons (Fsp3) is 0.333. The number of nitrogens with two attached hydrogens (primary N) is 1. The molecule has 1 atom stereocenters. The Kier molecular flexibility index (Phi) is 7.82. The maximum atomic E-state index is 12.2. The van der Waals surface area contributed by atoms with Gasteiger partial charge in [0.15, 0.2) is 6.54 Å². The molecule has 2 aromatic carbocycles. The van der Waals surface area contributed by atoms with Crippen molar-refractivity contribution in [2.45, 2.75) is 26.8 Å². The highest BCUT2D eigenvalue weighted by Crippen LogP contribution is 2.14. The second-order valence-electron chi connectivity index (χ2n) is 6.36. The molecule has 4 N–H and O–H groups in total. The van der Waals surface area contributed by atoms with E-state index in [2.05, 4.69) is 29.6 Å². The summed E-state index contributed by atoms with van der Waals surface area (Å²) in [4.78, 5) is 26.4. The fourth-order valence-corrected chi connectivity index (χ4v) is 2.84. The lowest BCUT2D eigenvalue weighted by atomic mass is 10.1. The quantitative estimate of drug-likeness (QED) is 0.619. The number of hydrogen-bond donors (Lipinski definition) is 3. The molecule has 0 fully saturated rings. The number of hydrogen-bond acceptors (Lipinski definition) is 3. The molecule has 0 bridgehead atoms. The number of quaternary nitrogens is 1. The molecule has 144 valence electrons. The van der Waals surface area contributed by atoms with Crippen LogP contribution in [0, 0.1) is 0 Å². The lowest BCUT2D eigenvalue weighted by Crippen LogP contribution is -2.87. The number of carbonyl (C=O) groups is 2. The third kappa shape index (κ3) is 6.11. The summed E-state index contributed by atoms with van der Waals surface area (Å²) in [6.45, 7) is 8.28. The molecule has 0 spiro atoms. The van der Waals surface area contributed by atoms with Crippen molar-refractivity contribution >= 4 is 17.5 Å². The lowest BCUT2D eigenvalue weighted by Gasteiger charge is -2.21. The van der Waals surface area contributed by atoms with Gasteiger partial charge in [0.25, 0.3) is 11.8 Å². The van der Waals surface area contributed by atoms with E-state index in [1.54, 1.807) is 12.1 Å². The Morgan fingerprint density at radius 3 is 2.19 bits per heavy atom. The summed E-state index contributed by atoms with van der Waals surface area (Å²) in [5, 5.41) is 1.93. The Bertz CT molecular complexity index is 728. The summed E-state index contributed by atoms with van der Waals surface area (Å²) in [7, 11) is 0. The minimum absolute atomic E-state index is 0.167. The molecule has 0 aliphatic carbocycles. The van der Waals surface area contributed by atoms with Crippen LogP contribution in [-0.2, 0) is 4.79 Å². The number of amides is 2. The van der Waals surface area contributed by atoms with Gasteiger partial charge in [0.2, 0.25) is 0 Å². The average molecular weight is 369 g/mol. The van der Waals surface area contributed by atoms with Crippen molar-refractivity contribution in [1.29, 1.82) is 0 Å². The lowest BCUT2D eigenvalue weighted by molar-refractivity contribution is -0.682. The summed E-state index contributed by atoms with van der Waals surface area (Å²) >= 11 is 0. The highest BCUT2D eigenvalue weighted by molar-refractivity contribution is 5.95. The number of rotatable bonds is 8. The van der Waals surface area contributed by atoms with Crippen LogP contribution in [0.25, 0.3) is 0 Å². The maximum absolute atomic E-state index is 12.2. The van der Waals surface area contributed by atoms with Crippen molar-refractivity contribution in [2.24, 2.45) is 0 Å². The molecule has 2 aromatic rings. The van der Waals surface area contributed by atoms with Gasteiger partial charge in [0, 0.05) is 29.9 Å². The molecule has 0 unspecified atom stereocenters. The summed E-state index contributed by atoms with van der Waals surface area (Å²) in [5.41, 5.74) is 7.67. The van der Waals surface area contributed by atoms with E-state index in [1.165, 1.54) is 0 Å². The fourth-order valence-electron chi connectivity index (χ4n) is 2.84. The first-order valence-corrected chi connectivity index (χ1v) is 9.37. The predicted molar refractivity (Wildman–Crippen MR) is 107 cm³/mol. The molecule has 0 saturated carbocycles. The van der Waals surface area contributed by atoms with Gasteiger partial charge in [-0.15, -0.1) is 0 Å². The number of carbonyl (C=O) groups excluding carboxylic acids is 2. The molecular formula is C21H29N4O2+. The van der Waals surface area contributed by atoms with E-state index in [9.17, 15) is 9.59 Å². The van der Waals surface area contributed by atoms with Crippen LogP contribution in [0.15, 0.2) is 54.6 Å². The first-order chi connectivity index (χ1) is 13.0. The Morgan fingerprint density at radius 1 is 0.963 bits per heavy atom. The molecule has 2 amide bonds. The smallest absolute Gasteiger partial charge is 0.293 e. The van der Waals surface area contributed by atoms with Gasteiger partial charge in [-0.2, -0.15) is 0 Å². The van der Waals surface area contributed by atoms with E-state index in [4.69, 9.17) is 0 Å². The molecule has 0 aliphatic heterocycles. The number of nitrogens with one attached hydrogen (secondary N) is 2. The second kappa shape index (κ2) is 10.3. The number of benzene rings is 2. The van der Waals surface area contributed by atoms with E-state index in [-0.39, 0.29) is 24.4 Å². The number of hydrazine groups is 1. The Balaban J connectivity index is 1.78. The Labute approximate surface area is 160 Å². The van der Waals surface area contributed by atoms with Gasteiger partial charge in [0.05, 0.1) is 0 Å². The van der Waals surface area contributed by atoms with Crippen molar-refractivity contribution in [3.05, 3.63) is 65.7 Å². The van der Waals surface area contributed by atoms with Crippen LogP contribution >= 0.6 is 0 Å². The van der Waals surface area contributed by atoms with Gasteiger partial charge in [0.1, 0.15) is 6.04 Å². The van der Waals surface area contributed by atoms with Gasteiger partial charge in [-0.25, -0.2) is 0 Å². The highest BCUT2D eigenvalue weighted by Gasteiger charge is 2.12. The second-order valence-corrected chi connectivity index (χ2v) is 6.36. The largest absolute Gasteiger partial charge is 0.372 e. The minimum Gasteiger partial charge on any atom is -0.372 e. The van der Waals surface area contributed by atoms with Crippen molar-refractivity contribution in [1.82, 2.24) is 10.9 Å². The van der Waals surface area contributed by atoms with E-state index in [0.29, 0.717) is 5.56 Å². The van der Waals surface area contributed by atoms with Crippen molar-refractivity contribution < 1.29 is 14.9 Å². The van der Waals surface area contributed by atoms with E-state index >= 15 is 0 Å². The van der Waals surface area contributed by atoms with Gasteiger partial charge < -0.3 is 10.2 Å². The number of nitrogens with zero attached hydrogens (tertiary/aromatic N) is 1. The van der Waals surface area contributed by atoms with Gasteiger partial charge in [-0.05, 0) is 45.0 Å². The molecular weight excluding hydrogens is 340 g/mol. The zero-order valence-corrected chi connectivity index (χ0v) is 16.2. The van der Waals surface area contributed by atoms with Gasteiger partial charge >= 0.3 is 0 Å². The van der Waals surface area contributed by atoms with Crippen LogP contribution in [0.2, 0.25) is 0 Å². The molecule has 0 radical (unpaired) electrons. The zero-order valence-electron chi connectivity index (χ0n) is 16.2. The maximum Gasteiger partial charge on any atom is 0.293 e. The third-order valence-electron chi connectivity index (χ3n) is 4.56. The molecule has 6 nitrogen and oxygen atoms in total. The van der Waals surface area contributed by atoms with E-state index < -0.39 is 0 Å². The molecule has 0 saturated heterocycles. The summed E-state index contributed by atoms with van der Waals surface area (Å²) in [6.07, 6.45) is 0. The minimum atomic E-state index is -0.328. The molecule has 0 heterocycles. The third-order valence-corrected chi connectivity index (χ3v) is 4.56.